The third-order valence-corrected chi connectivity index (χ3v) is 10.5. The van der Waals surface area contributed by atoms with Crippen LogP contribution in [0.3, 0.4) is 0 Å². The Labute approximate surface area is 295 Å². The minimum atomic E-state index is -3.27. The van der Waals surface area contributed by atoms with Crippen LogP contribution in [0, 0.1) is 12.8 Å². The van der Waals surface area contributed by atoms with Crippen molar-refractivity contribution in [3.63, 3.8) is 0 Å². The molecule has 6 rings (SSSR count). The van der Waals surface area contributed by atoms with Crippen molar-refractivity contribution in [3.8, 4) is 11.5 Å². The number of Topliss-reactive ketones (excluding diaryl/α,β-unsaturated/α-hetero) is 3. The summed E-state index contributed by atoms with van der Waals surface area (Å²) >= 11 is 0. The van der Waals surface area contributed by atoms with Crippen LogP contribution >= 0.6 is 0 Å². The number of phenolic OH excluding ortho intramolecular Hbond substituents is 2. The van der Waals surface area contributed by atoms with Gasteiger partial charge >= 0.3 is 0 Å². The second-order valence-electron chi connectivity index (χ2n) is 13.2. The summed E-state index contributed by atoms with van der Waals surface area (Å²) in [6.45, 7) is 1.74. The molecule has 52 heavy (non-hydrogen) atoms. The highest BCUT2D eigenvalue weighted by Crippen LogP contribution is 2.56. The Kier molecular flexibility index (Phi) is 9.38. The molecule has 17 nitrogen and oxygen atoms in total. The smallest absolute Gasteiger partial charge is 0.255 e. The Balaban J connectivity index is 1.50. The Morgan fingerprint density at radius 2 is 1.71 bits per heavy atom. The molecule has 8 atom stereocenters. The molecular formula is C35H38N2O15. The van der Waals surface area contributed by atoms with Gasteiger partial charge in [-0.25, -0.2) is 0 Å². The van der Waals surface area contributed by atoms with Crippen molar-refractivity contribution < 1.29 is 73.9 Å². The molecule has 2 aromatic carbocycles. The van der Waals surface area contributed by atoms with Crippen molar-refractivity contribution in [1.82, 2.24) is 10.6 Å². The summed E-state index contributed by atoms with van der Waals surface area (Å²) < 4.78 is 16.6. The lowest BCUT2D eigenvalue weighted by atomic mass is 9.56. The molecule has 9 N–H and O–H groups in total. The topological polar surface area (TPSA) is 279 Å². The fraction of sp³-hybridized carbons (Fsp3) is 0.457. The molecule has 278 valence electrons. The average molecular weight is 727 g/mol. The maximum atomic E-state index is 14.7. The van der Waals surface area contributed by atoms with Gasteiger partial charge in [-0.2, -0.15) is 0 Å². The van der Waals surface area contributed by atoms with E-state index < -0.39 is 147 Å². The van der Waals surface area contributed by atoms with Gasteiger partial charge in [-0.05, 0) is 31.0 Å². The monoisotopic (exact) mass is 726 g/mol. The zero-order chi connectivity index (χ0) is 38.2. The Hall–Kier alpha value is -4.59. The van der Waals surface area contributed by atoms with Gasteiger partial charge in [-0.15, -0.1) is 0 Å². The number of benzene rings is 2. The number of hydrogen-bond acceptors (Lipinski definition) is 16. The Bertz CT molecular complexity index is 1960. The first-order valence-corrected chi connectivity index (χ1v) is 16.3. The number of rotatable bonds is 8. The molecule has 3 aliphatic carbocycles. The van der Waals surface area contributed by atoms with Crippen LogP contribution in [0.5, 0.6) is 11.5 Å². The minimum Gasteiger partial charge on any atom is -0.507 e. The summed E-state index contributed by atoms with van der Waals surface area (Å²) in [6.07, 6.45) is -5.70. The van der Waals surface area contributed by atoms with E-state index in [2.05, 4.69) is 10.6 Å². The molecule has 0 aromatic heterocycles. The van der Waals surface area contributed by atoms with Crippen LogP contribution < -0.4 is 10.6 Å². The number of carbonyl (C=O) groups is 5. The first-order chi connectivity index (χ1) is 24.6. The number of aliphatic hydroxyl groups is 5. The Morgan fingerprint density at radius 1 is 1.02 bits per heavy atom. The summed E-state index contributed by atoms with van der Waals surface area (Å²) in [5.41, 5.74) is -10.4. The van der Waals surface area contributed by atoms with Gasteiger partial charge in [0.05, 0.1) is 59.8 Å². The van der Waals surface area contributed by atoms with Gasteiger partial charge in [0.1, 0.15) is 23.8 Å². The van der Waals surface area contributed by atoms with Gasteiger partial charge in [0.25, 0.3) is 5.91 Å². The number of phenols is 2. The second-order valence-corrected chi connectivity index (χ2v) is 13.2. The third-order valence-electron chi connectivity index (χ3n) is 10.5. The fourth-order valence-electron chi connectivity index (χ4n) is 8.08. The first kappa shape index (κ1) is 37.2. The fourth-order valence-corrected chi connectivity index (χ4v) is 8.08. The first-order valence-electron chi connectivity index (χ1n) is 16.3. The van der Waals surface area contributed by atoms with Crippen molar-refractivity contribution in [2.45, 2.75) is 62.1 Å². The number of carbonyl (C=O) groups excluding carboxylic acids is 5. The number of nitrogens with one attached hydrogen (secondary N) is 2. The van der Waals surface area contributed by atoms with E-state index in [1.807, 2.05) is 0 Å². The molecule has 2 aromatic rings. The normalized spacial score (nSPS) is 30.9. The van der Waals surface area contributed by atoms with Crippen LogP contribution in [-0.4, -0.2) is 135 Å². The van der Waals surface area contributed by atoms with Crippen LogP contribution in [0.25, 0.3) is 0 Å². The van der Waals surface area contributed by atoms with Gasteiger partial charge < -0.3 is 60.6 Å². The number of methoxy groups -OCH3 is 2. The predicted molar refractivity (Wildman–Crippen MR) is 174 cm³/mol. The molecule has 0 radical (unpaired) electrons. The van der Waals surface area contributed by atoms with Gasteiger partial charge in [0.2, 0.25) is 17.3 Å². The number of aryl methyl sites for hydroxylation is 1. The van der Waals surface area contributed by atoms with Crippen LogP contribution in [0.1, 0.15) is 75.4 Å². The lowest BCUT2D eigenvalue weighted by Gasteiger charge is -2.53. The molecule has 0 spiro atoms. The number of allylic oxidation sites excluding steroid dienone is 2. The summed E-state index contributed by atoms with van der Waals surface area (Å²) in [5.74, 6) is -8.73. The zero-order valence-corrected chi connectivity index (χ0v) is 28.4. The highest BCUT2D eigenvalue weighted by atomic mass is 16.6. The number of ketones is 4. The molecule has 17 heteroatoms. The number of aliphatic hydroxyl groups excluding tert-OH is 4. The molecule has 1 saturated heterocycles. The predicted octanol–water partition coefficient (Wildman–Crippen LogP) is -1.72. The summed E-state index contributed by atoms with van der Waals surface area (Å²) in [7, 11) is 2.24. The molecule has 0 unspecified atom stereocenters. The highest BCUT2D eigenvalue weighted by Gasteiger charge is 2.72. The maximum absolute atomic E-state index is 14.7. The van der Waals surface area contributed by atoms with E-state index in [0.717, 1.165) is 19.3 Å². The van der Waals surface area contributed by atoms with E-state index in [-0.39, 0.29) is 17.7 Å². The number of fused-ring (bicyclic) bond motifs is 5. The minimum absolute atomic E-state index is 0.0260. The number of hydrogen-bond donors (Lipinski definition) is 9. The molecule has 0 saturated carbocycles. The largest absolute Gasteiger partial charge is 0.507 e. The van der Waals surface area contributed by atoms with E-state index in [0.29, 0.717) is 0 Å². The highest BCUT2D eigenvalue weighted by molar-refractivity contribution is 6.31. The summed E-state index contributed by atoms with van der Waals surface area (Å²) in [5, 5.41) is 82.1. The van der Waals surface area contributed by atoms with E-state index in [1.54, 1.807) is 6.92 Å². The third kappa shape index (κ3) is 4.88. The number of ether oxygens (including phenoxy) is 3. The van der Waals surface area contributed by atoms with Crippen molar-refractivity contribution >= 4 is 29.0 Å². The van der Waals surface area contributed by atoms with E-state index >= 15 is 0 Å². The molecule has 1 heterocycles. The van der Waals surface area contributed by atoms with Crippen molar-refractivity contribution in [1.29, 1.82) is 0 Å². The van der Waals surface area contributed by atoms with Crippen molar-refractivity contribution in [2.24, 2.45) is 5.92 Å². The van der Waals surface area contributed by atoms with Crippen molar-refractivity contribution in [2.75, 3.05) is 34.0 Å². The molecule has 4 aliphatic rings. The molecular weight excluding hydrogens is 688 g/mol. The SMILES string of the molecule is CO[C@@H]1[C@@H](O)[C@@H](CO)[C@@H](NC2=CC(=O)c3c(cc4c(c3O)C(=O)[C@]3(OC)[C@H](O)Cc5cc(C)c(C(=O)NCCO)c(O)c5[C@]3(O)C4=O)C2=O)O[C@H]1C. The molecule has 1 fully saturated rings. The van der Waals surface area contributed by atoms with Crippen LogP contribution in [0.15, 0.2) is 23.9 Å². The van der Waals surface area contributed by atoms with Crippen LogP contribution in [0.4, 0.5) is 0 Å². The Morgan fingerprint density at radius 3 is 2.33 bits per heavy atom. The van der Waals surface area contributed by atoms with Gasteiger partial charge in [-0.3, -0.25) is 24.0 Å². The van der Waals surface area contributed by atoms with E-state index in [9.17, 15) is 59.7 Å². The maximum Gasteiger partial charge on any atom is 0.255 e. The quantitative estimate of drug-likeness (QED) is 0.146. The van der Waals surface area contributed by atoms with Crippen LogP contribution in [-0.2, 0) is 26.2 Å². The van der Waals surface area contributed by atoms with Crippen molar-refractivity contribution in [3.05, 3.63) is 68.4 Å². The van der Waals surface area contributed by atoms with Gasteiger partial charge in [-0.1, -0.05) is 6.07 Å². The summed E-state index contributed by atoms with van der Waals surface area (Å²) in [4.78, 5) is 69.7. The lowest BCUT2D eigenvalue weighted by Crippen LogP contribution is -2.73. The average Bonchev–Trinajstić information content (AvgIpc) is 3.08. The lowest BCUT2D eigenvalue weighted by molar-refractivity contribution is -0.214. The van der Waals surface area contributed by atoms with Gasteiger partial charge in [0, 0.05) is 50.0 Å². The van der Waals surface area contributed by atoms with Crippen LogP contribution in [0.2, 0.25) is 0 Å². The van der Waals surface area contributed by atoms with E-state index in [1.165, 1.54) is 20.1 Å². The van der Waals surface area contributed by atoms with E-state index in [4.69, 9.17) is 14.2 Å². The standard InChI is InChI=1S/C35H38N2O15/c1-12-7-14-8-20(41)35(51-4)31(47)23-16(30(46)34(35,49)24(14)28(45)21(12)32(48)36-5-6-38)9-15-22(27(23)44)19(40)10-18(25(15)42)37-33-17(11-39)26(43)29(50-3)13(2)52-33/h7,9-10,13,17,20,26,29,33,37-39,41,43-45,49H,5-6,8,11H2,1-4H3,(H,36,48)/t13-,17+,20+,26-,29-,33-,34-,35+/m0/s1. The molecule has 1 amide bonds. The molecule has 1 aliphatic heterocycles. The number of aromatic hydroxyl groups is 2. The second kappa shape index (κ2) is 13.1. The number of amides is 1. The molecule has 0 bridgehead atoms. The summed E-state index contributed by atoms with van der Waals surface area (Å²) in [6, 6.07) is 2.15. The van der Waals surface area contributed by atoms with Gasteiger partial charge in [0.15, 0.2) is 17.0 Å². The zero-order valence-electron chi connectivity index (χ0n) is 28.4.